The molecule has 1 fully saturated rings. The molecule has 0 aliphatic carbocycles. The number of benzene rings is 2. The summed E-state index contributed by atoms with van der Waals surface area (Å²) in [5.74, 6) is -1.38. The van der Waals surface area contributed by atoms with Crippen molar-refractivity contribution in [3.63, 3.8) is 0 Å². The van der Waals surface area contributed by atoms with Gasteiger partial charge in [-0.2, -0.15) is 0 Å². The van der Waals surface area contributed by atoms with Crippen molar-refractivity contribution in [2.24, 2.45) is 0 Å². The van der Waals surface area contributed by atoms with Crippen molar-refractivity contribution in [3.8, 4) is 0 Å². The van der Waals surface area contributed by atoms with Crippen LogP contribution in [0.5, 0.6) is 0 Å². The first-order valence-corrected chi connectivity index (χ1v) is 15.0. The number of esters is 2. The SMILES string of the molecule is C[Si](C)(C)CCO[C@@H]1O[C@H](CO)[C@H](O)[C@H](OC(=O)c2ccccc2)[C@H]1OC(=O)c1ccccc1. The molecule has 1 aliphatic rings. The van der Waals surface area contributed by atoms with Crippen LogP contribution in [0.1, 0.15) is 20.7 Å². The molecule has 0 radical (unpaired) electrons. The third-order valence-electron chi connectivity index (χ3n) is 5.44. The van der Waals surface area contributed by atoms with E-state index in [0.29, 0.717) is 6.61 Å². The second-order valence-corrected chi connectivity index (χ2v) is 15.0. The lowest BCUT2D eigenvalue weighted by Gasteiger charge is -2.43. The van der Waals surface area contributed by atoms with Crippen molar-refractivity contribution in [1.82, 2.24) is 0 Å². The van der Waals surface area contributed by atoms with Crippen LogP contribution >= 0.6 is 0 Å². The molecule has 0 aromatic heterocycles. The van der Waals surface area contributed by atoms with Gasteiger partial charge < -0.3 is 29.2 Å². The summed E-state index contributed by atoms with van der Waals surface area (Å²) >= 11 is 0. The first kappa shape index (κ1) is 26.0. The van der Waals surface area contributed by atoms with Crippen LogP contribution in [-0.4, -0.2) is 74.1 Å². The van der Waals surface area contributed by atoms with Gasteiger partial charge in [-0.15, -0.1) is 0 Å². The molecule has 1 heterocycles. The molecular weight excluding hydrogens is 456 g/mol. The third-order valence-corrected chi connectivity index (χ3v) is 7.14. The Morgan fingerprint density at radius 1 is 0.882 bits per heavy atom. The molecule has 9 heteroatoms. The van der Waals surface area contributed by atoms with Crippen LogP contribution in [0.15, 0.2) is 60.7 Å². The maximum Gasteiger partial charge on any atom is 0.338 e. The van der Waals surface area contributed by atoms with Crippen LogP contribution in [0, 0.1) is 0 Å². The van der Waals surface area contributed by atoms with Crippen molar-refractivity contribution < 1.29 is 38.7 Å². The van der Waals surface area contributed by atoms with Gasteiger partial charge in [-0.25, -0.2) is 9.59 Å². The van der Waals surface area contributed by atoms with Gasteiger partial charge in [-0.05, 0) is 30.3 Å². The topological polar surface area (TPSA) is 112 Å². The highest BCUT2D eigenvalue weighted by Gasteiger charge is 2.50. The number of aliphatic hydroxyl groups is 2. The minimum absolute atomic E-state index is 0.270. The number of hydrogen-bond donors (Lipinski definition) is 2. The Hall–Kier alpha value is -2.56. The Morgan fingerprint density at radius 2 is 1.38 bits per heavy atom. The van der Waals surface area contributed by atoms with Crippen LogP contribution in [0.2, 0.25) is 25.7 Å². The first-order chi connectivity index (χ1) is 16.2. The number of ether oxygens (including phenoxy) is 4. The molecule has 8 nitrogen and oxygen atoms in total. The lowest BCUT2D eigenvalue weighted by atomic mass is 9.98. The number of carbonyl (C=O) groups is 2. The van der Waals surface area contributed by atoms with Crippen LogP contribution in [0.3, 0.4) is 0 Å². The second-order valence-electron chi connectivity index (χ2n) is 9.37. The first-order valence-electron chi connectivity index (χ1n) is 11.3. The van der Waals surface area contributed by atoms with Gasteiger partial charge in [-0.3, -0.25) is 0 Å². The lowest BCUT2D eigenvalue weighted by molar-refractivity contribution is -0.298. The number of rotatable bonds is 9. The normalized spacial score (nSPS) is 24.9. The summed E-state index contributed by atoms with van der Waals surface area (Å²) in [7, 11) is -1.45. The van der Waals surface area contributed by atoms with Crippen molar-refractivity contribution in [3.05, 3.63) is 71.8 Å². The second kappa shape index (κ2) is 11.7. The highest BCUT2D eigenvalue weighted by Crippen LogP contribution is 2.29. The van der Waals surface area contributed by atoms with Gasteiger partial charge in [0.1, 0.15) is 12.2 Å². The molecule has 1 aliphatic heterocycles. The van der Waals surface area contributed by atoms with Gasteiger partial charge in [0.2, 0.25) is 0 Å². The van der Waals surface area contributed by atoms with Crippen molar-refractivity contribution >= 4 is 20.0 Å². The molecule has 34 heavy (non-hydrogen) atoms. The molecule has 3 rings (SSSR count). The predicted octanol–water partition coefficient (Wildman–Crippen LogP) is 2.87. The fourth-order valence-electron chi connectivity index (χ4n) is 3.45. The van der Waals surface area contributed by atoms with Crippen molar-refractivity contribution in [2.75, 3.05) is 13.2 Å². The summed E-state index contributed by atoms with van der Waals surface area (Å²) in [6.45, 7) is 6.36. The molecule has 0 amide bonds. The largest absolute Gasteiger partial charge is 0.452 e. The Balaban J connectivity index is 1.87. The zero-order valence-electron chi connectivity index (χ0n) is 19.6. The molecule has 5 atom stereocenters. The van der Waals surface area contributed by atoms with Crippen molar-refractivity contribution in [2.45, 2.75) is 56.4 Å². The molecule has 184 valence electrons. The van der Waals surface area contributed by atoms with E-state index in [1.165, 1.54) is 0 Å². The molecule has 2 N–H and O–H groups in total. The maximum absolute atomic E-state index is 12.9. The fraction of sp³-hybridized carbons (Fsp3) is 0.440. The quantitative estimate of drug-likeness (QED) is 0.409. The monoisotopic (exact) mass is 488 g/mol. The Labute approximate surface area is 200 Å². The zero-order valence-corrected chi connectivity index (χ0v) is 20.6. The molecule has 0 unspecified atom stereocenters. The fourth-order valence-corrected chi connectivity index (χ4v) is 4.18. The summed E-state index contributed by atoms with van der Waals surface area (Å²) in [6.07, 6.45) is -6.23. The van der Waals surface area contributed by atoms with Crippen LogP contribution in [0.4, 0.5) is 0 Å². The molecule has 2 aromatic carbocycles. The third kappa shape index (κ3) is 6.97. The minimum Gasteiger partial charge on any atom is -0.452 e. The Kier molecular flexibility index (Phi) is 8.98. The maximum atomic E-state index is 12.9. The van der Waals surface area contributed by atoms with Crippen LogP contribution < -0.4 is 0 Å². The van der Waals surface area contributed by atoms with E-state index in [0.717, 1.165) is 6.04 Å². The van der Waals surface area contributed by atoms with E-state index in [-0.39, 0.29) is 11.1 Å². The van der Waals surface area contributed by atoms with Crippen molar-refractivity contribution in [1.29, 1.82) is 0 Å². The highest BCUT2D eigenvalue weighted by atomic mass is 28.3. The standard InChI is InChI=1S/C25H32O8Si/c1-34(2,3)15-14-30-25-22(33-24(29)18-12-8-5-9-13-18)21(20(27)19(16-26)31-25)32-23(28)17-10-6-4-7-11-17/h4-13,19-22,25-27H,14-16H2,1-3H3/t19-,20+,21+,22-,25-/m1/s1. The van der Waals surface area contributed by atoms with E-state index in [1.54, 1.807) is 60.7 Å². The summed E-state index contributed by atoms with van der Waals surface area (Å²) in [5.41, 5.74) is 0.557. The highest BCUT2D eigenvalue weighted by molar-refractivity contribution is 6.76. The predicted molar refractivity (Wildman–Crippen MR) is 127 cm³/mol. The smallest absolute Gasteiger partial charge is 0.338 e. The van der Waals surface area contributed by atoms with Crippen LogP contribution in [-0.2, 0) is 18.9 Å². The van der Waals surface area contributed by atoms with E-state index in [9.17, 15) is 19.8 Å². The summed E-state index contributed by atoms with van der Waals surface area (Å²) < 4.78 is 23.0. The van der Waals surface area contributed by atoms with Gasteiger partial charge in [-0.1, -0.05) is 56.0 Å². The lowest BCUT2D eigenvalue weighted by Crippen LogP contribution is -2.61. The molecule has 0 bridgehead atoms. The Bertz CT molecular complexity index is 931. The van der Waals surface area contributed by atoms with Gasteiger partial charge in [0.15, 0.2) is 18.5 Å². The average molecular weight is 489 g/mol. The van der Waals surface area contributed by atoms with E-state index in [4.69, 9.17) is 18.9 Å². The van der Waals surface area contributed by atoms with Gasteiger partial charge in [0, 0.05) is 14.7 Å². The summed E-state index contributed by atoms with van der Waals surface area (Å²) in [4.78, 5) is 25.6. The number of aliphatic hydroxyl groups excluding tert-OH is 2. The summed E-state index contributed by atoms with van der Waals surface area (Å²) in [5, 5.41) is 20.6. The summed E-state index contributed by atoms with van der Waals surface area (Å²) in [6, 6.07) is 17.4. The molecule has 0 spiro atoms. The molecule has 0 saturated carbocycles. The molecule has 1 saturated heterocycles. The van der Waals surface area contributed by atoms with E-state index in [1.807, 2.05) is 0 Å². The van der Waals surface area contributed by atoms with E-state index in [2.05, 4.69) is 19.6 Å². The van der Waals surface area contributed by atoms with Gasteiger partial charge in [0.05, 0.1) is 17.7 Å². The number of hydrogen-bond acceptors (Lipinski definition) is 8. The number of carbonyl (C=O) groups excluding carboxylic acids is 2. The average Bonchev–Trinajstić information content (AvgIpc) is 2.82. The minimum atomic E-state index is -1.45. The van der Waals surface area contributed by atoms with E-state index >= 15 is 0 Å². The van der Waals surface area contributed by atoms with Gasteiger partial charge >= 0.3 is 11.9 Å². The van der Waals surface area contributed by atoms with Crippen LogP contribution in [0.25, 0.3) is 0 Å². The zero-order chi connectivity index (χ0) is 24.7. The Morgan fingerprint density at radius 3 is 1.85 bits per heavy atom. The molecular formula is C25H32O8Si. The van der Waals surface area contributed by atoms with Gasteiger partial charge in [0.25, 0.3) is 0 Å². The molecule has 2 aromatic rings. The van der Waals surface area contributed by atoms with E-state index < -0.39 is 57.3 Å².